The molecule has 0 bridgehead atoms. The number of hydrogen-bond acceptors (Lipinski definition) is 4. The van der Waals surface area contributed by atoms with E-state index in [4.69, 9.17) is 5.11 Å². The first kappa shape index (κ1) is 10.2. The molecule has 1 heterocycles. The average molecular weight is 197 g/mol. The van der Waals surface area contributed by atoms with Crippen molar-refractivity contribution in [3.63, 3.8) is 0 Å². The van der Waals surface area contributed by atoms with E-state index < -0.39 is 0 Å². The van der Waals surface area contributed by atoms with Crippen LogP contribution in [-0.4, -0.2) is 28.7 Å². The molecule has 0 aliphatic rings. The summed E-state index contributed by atoms with van der Waals surface area (Å²) in [6.45, 7) is 0.177. The van der Waals surface area contributed by atoms with Crippen LogP contribution in [0.2, 0.25) is 0 Å². The maximum Gasteiger partial charge on any atom is 0.152 e. The van der Waals surface area contributed by atoms with Gasteiger partial charge in [-0.15, -0.1) is 11.8 Å². The molecule has 70 valence electrons. The van der Waals surface area contributed by atoms with Crippen molar-refractivity contribution in [3.8, 4) is 0 Å². The summed E-state index contributed by atoms with van der Waals surface area (Å²) in [5, 5.41) is 9.31. The second-order valence-electron chi connectivity index (χ2n) is 2.44. The number of aliphatic hydroxyl groups is 1. The van der Waals surface area contributed by atoms with Gasteiger partial charge in [0.25, 0.3) is 0 Å². The lowest BCUT2D eigenvalue weighted by molar-refractivity contribution is 0.112. The Morgan fingerprint density at radius 3 is 3.15 bits per heavy atom. The number of rotatable bonds is 5. The van der Waals surface area contributed by atoms with E-state index in [0.717, 1.165) is 23.5 Å². The first-order chi connectivity index (χ1) is 6.38. The van der Waals surface area contributed by atoms with Crippen molar-refractivity contribution in [3.05, 3.63) is 23.9 Å². The van der Waals surface area contributed by atoms with E-state index in [1.54, 1.807) is 18.3 Å². The molecule has 13 heavy (non-hydrogen) atoms. The van der Waals surface area contributed by atoms with Crippen LogP contribution < -0.4 is 0 Å². The summed E-state index contributed by atoms with van der Waals surface area (Å²) >= 11 is 1.49. The SMILES string of the molecule is O=Cc1cccnc1SCCCO. The summed E-state index contributed by atoms with van der Waals surface area (Å²) in [7, 11) is 0. The van der Waals surface area contributed by atoms with Crippen LogP contribution in [0.25, 0.3) is 0 Å². The zero-order chi connectivity index (χ0) is 9.52. The minimum Gasteiger partial charge on any atom is -0.396 e. The molecule has 0 aliphatic carbocycles. The van der Waals surface area contributed by atoms with Gasteiger partial charge in [0.15, 0.2) is 6.29 Å². The standard InChI is InChI=1S/C9H11NO2S/c11-5-2-6-13-9-8(7-12)3-1-4-10-9/h1,3-4,7,11H,2,5-6H2. The highest BCUT2D eigenvalue weighted by Crippen LogP contribution is 2.18. The highest BCUT2D eigenvalue weighted by Gasteiger charge is 2.01. The normalized spacial score (nSPS) is 9.92. The van der Waals surface area contributed by atoms with E-state index in [1.807, 2.05) is 0 Å². The highest BCUT2D eigenvalue weighted by molar-refractivity contribution is 7.99. The quantitative estimate of drug-likeness (QED) is 0.440. The monoisotopic (exact) mass is 197 g/mol. The van der Waals surface area contributed by atoms with E-state index in [0.29, 0.717) is 5.56 Å². The van der Waals surface area contributed by atoms with E-state index >= 15 is 0 Å². The summed E-state index contributed by atoms with van der Waals surface area (Å²) < 4.78 is 0. The number of hydrogen-bond donors (Lipinski definition) is 1. The van der Waals surface area contributed by atoms with Gasteiger partial charge in [-0.2, -0.15) is 0 Å². The lowest BCUT2D eigenvalue weighted by Gasteiger charge is -2.00. The Morgan fingerprint density at radius 1 is 1.62 bits per heavy atom. The molecule has 0 spiro atoms. The minimum absolute atomic E-state index is 0.177. The van der Waals surface area contributed by atoms with Crippen molar-refractivity contribution >= 4 is 18.0 Å². The first-order valence-electron chi connectivity index (χ1n) is 4.02. The molecule has 0 unspecified atom stereocenters. The van der Waals surface area contributed by atoms with Gasteiger partial charge in [-0.3, -0.25) is 4.79 Å². The minimum atomic E-state index is 0.177. The Balaban J connectivity index is 2.59. The predicted octanol–water partition coefficient (Wildman–Crippen LogP) is 1.37. The summed E-state index contributed by atoms with van der Waals surface area (Å²) in [6.07, 6.45) is 3.18. The van der Waals surface area contributed by atoms with Crippen LogP contribution in [-0.2, 0) is 0 Å². The van der Waals surface area contributed by atoms with Crippen LogP contribution >= 0.6 is 11.8 Å². The molecule has 1 aromatic heterocycles. The molecule has 1 rings (SSSR count). The summed E-state index contributed by atoms with van der Waals surface area (Å²) in [5.74, 6) is 0.786. The molecule has 0 amide bonds. The van der Waals surface area contributed by atoms with Crippen molar-refractivity contribution in [2.45, 2.75) is 11.4 Å². The number of pyridine rings is 1. The number of aromatic nitrogens is 1. The second-order valence-corrected chi connectivity index (χ2v) is 3.52. The van der Waals surface area contributed by atoms with Gasteiger partial charge in [0, 0.05) is 24.1 Å². The Bertz CT molecular complexity index is 278. The van der Waals surface area contributed by atoms with Crippen LogP contribution in [0.3, 0.4) is 0 Å². The van der Waals surface area contributed by atoms with Gasteiger partial charge < -0.3 is 5.11 Å². The molecular weight excluding hydrogens is 186 g/mol. The van der Waals surface area contributed by atoms with Crippen LogP contribution in [0.1, 0.15) is 16.8 Å². The van der Waals surface area contributed by atoms with Gasteiger partial charge in [0.1, 0.15) is 5.03 Å². The number of carbonyl (C=O) groups is 1. The Hall–Kier alpha value is -0.870. The fourth-order valence-corrected chi connectivity index (χ4v) is 1.73. The van der Waals surface area contributed by atoms with Crippen molar-refractivity contribution < 1.29 is 9.90 Å². The Kier molecular flexibility index (Phi) is 4.49. The fourth-order valence-electron chi connectivity index (χ4n) is 0.847. The Morgan fingerprint density at radius 2 is 2.46 bits per heavy atom. The largest absolute Gasteiger partial charge is 0.396 e. The van der Waals surface area contributed by atoms with E-state index in [9.17, 15) is 4.79 Å². The fraction of sp³-hybridized carbons (Fsp3) is 0.333. The topological polar surface area (TPSA) is 50.2 Å². The van der Waals surface area contributed by atoms with Crippen LogP contribution in [0.4, 0.5) is 0 Å². The van der Waals surface area contributed by atoms with Crippen molar-refractivity contribution in [1.29, 1.82) is 0 Å². The van der Waals surface area contributed by atoms with Gasteiger partial charge in [0.2, 0.25) is 0 Å². The molecule has 0 saturated carbocycles. The Labute approximate surface area is 81.2 Å². The van der Waals surface area contributed by atoms with Crippen LogP contribution in [0.5, 0.6) is 0 Å². The molecule has 0 aromatic carbocycles. The van der Waals surface area contributed by atoms with E-state index in [-0.39, 0.29) is 6.61 Å². The molecule has 0 saturated heterocycles. The van der Waals surface area contributed by atoms with Gasteiger partial charge in [-0.25, -0.2) is 4.98 Å². The highest BCUT2D eigenvalue weighted by atomic mass is 32.2. The number of nitrogens with zero attached hydrogens (tertiary/aromatic N) is 1. The molecule has 1 N–H and O–H groups in total. The summed E-state index contributed by atoms with van der Waals surface area (Å²) in [4.78, 5) is 14.6. The van der Waals surface area contributed by atoms with Crippen LogP contribution in [0.15, 0.2) is 23.4 Å². The third-order valence-electron chi connectivity index (χ3n) is 1.47. The maximum absolute atomic E-state index is 10.6. The van der Waals surface area contributed by atoms with Crippen molar-refractivity contribution in [2.24, 2.45) is 0 Å². The molecule has 1 aromatic rings. The molecule has 3 nitrogen and oxygen atoms in total. The zero-order valence-electron chi connectivity index (χ0n) is 7.14. The lowest BCUT2D eigenvalue weighted by atomic mass is 10.3. The van der Waals surface area contributed by atoms with Crippen molar-refractivity contribution in [2.75, 3.05) is 12.4 Å². The number of aliphatic hydroxyl groups excluding tert-OH is 1. The zero-order valence-corrected chi connectivity index (χ0v) is 7.96. The molecule has 0 fully saturated rings. The molecule has 4 heteroatoms. The summed E-state index contributed by atoms with van der Waals surface area (Å²) in [5.41, 5.74) is 0.616. The molecule has 0 radical (unpaired) electrons. The van der Waals surface area contributed by atoms with Gasteiger partial charge >= 0.3 is 0 Å². The van der Waals surface area contributed by atoms with Gasteiger partial charge in [-0.05, 0) is 18.6 Å². The summed E-state index contributed by atoms with van der Waals surface area (Å²) in [6, 6.07) is 3.47. The molecular formula is C9H11NO2S. The third kappa shape index (κ3) is 3.16. The van der Waals surface area contributed by atoms with Crippen molar-refractivity contribution in [1.82, 2.24) is 4.98 Å². The van der Waals surface area contributed by atoms with Gasteiger partial charge in [-0.1, -0.05) is 0 Å². The third-order valence-corrected chi connectivity index (χ3v) is 2.58. The number of thioether (sulfide) groups is 1. The molecule has 0 aliphatic heterocycles. The van der Waals surface area contributed by atoms with Crippen LogP contribution in [0, 0.1) is 0 Å². The van der Waals surface area contributed by atoms with E-state index in [2.05, 4.69) is 4.98 Å². The lowest BCUT2D eigenvalue weighted by Crippen LogP contribution is -1.91. The van der Waals surface area contributed by atoms with Gasteiger partial charge in [0.05, 0.1) is 0 Å². The average Bonchev–Trinajstić information content (AvgIpc) is 2.19. The van der Waals surface area contributed by atoms with E-state index in [1.165, 1.54) is 11.8 Å². The molecule has 0 atom stereocenters. The maximum atomic E-state index is 10.6. The first-order valence-corrected chi connectivity index (χ1v) is 5.01. The predicted molar refractivity (Wildman–Crippen MR) is 52.1 cm³/mol. The number of aldehydes is 1. The smallest absolute Gasteiger partial charge is 0.152 e. The number of carbonyl (C=O) groups excluding carboxylic acids is 1. The second kappa shape index (κ2) is 5.72.